The van der Waals surface area contributed by atoms with Crippen molar-refractivity contribution in [1.29, 1.82) is 0 Å². The molecule has 0 saturated carbocycles. The van der Waals surface area contributed by atoms with Crippen LogP contribution in [0.5, 0.6) is 0 Å². The second-order valence-electron chi connectivity index (χ2n) is 13.5. The van der Waals surface area contributed by atoms with E-state index < -0.39 is 5.92 Å². The molecule has 0 radical (unpaired) electrons. The van der Waals surface area contributed by atoms with Crippen LogP contribution in [-0.4, -0.2) is 89.8 Å². The highest BCUT2D eigenvalue weighted by Gasteiger charge is 2.36. The summed E-state index contributed by atoms with van der Waals surface area (Å²) >= 11 is 12.5. The maximum Gasteiger partial charge on any atom is 0.322 e. The molecule has 242 valence electrons. The van der Waals surface area contributed by atoms with E-state index in [0.29, 0.717) is 42.0 Å². The monoisotopic (exact) mass is 653 g/mol. The summed E-state index contributed by atoms with van der Waals surface area (Å²) in [4.78, 5) is 48.8. The number of halogens is 2. The highest BCUT2D eigenvalue weighted by atomic mass is 35.5. The molecule has 8 nitrogen and oxygen atoms in total. The minimum atomic E-state index is -0.461. The number of likely N-dealkylation sites (tertiary alicyclic amines) is 3. The summed E-state index contributed by atoms with van der Waals surface area (Å²) in [5, 5.41) is 3.94. The van der Waals surface area contributed by atoms with Gasteiger partial charge in [0.2, 0.25) is 11.8 Å². The van der Waals surface area contributed by atoms with Gasteiger partial charge in [-0.2, -0.15) is 0 Å². The fraction of sp³-hybridized carbons (Fsp3) is 0.571. The molecule has 6 rings (SSSR count). The first kappa shape index (κ1) is 32.1. The van der Waals surface area contributed by atoms with E-state index in [0.717, 1.165) is 74.6 Å². The van der Waals surface area contributed by atoms with Crippen molar-refractivity contribution in [3.63, 3.8) is 0 Å². The van der Waals surface area contributed by atoms with Crippen LogP contribution in [0.15, 0.2) is 42.5 Å². The van der Waals surface area contributed by atoms with Crippen LogP contribution in [0.3, 0.4) is 0 Å². The summed E-state index contributed by atoms with van der Waals surface area (Å²) in [6.07, 6.45) is 6.61. The first-order valence-corrected chi connectivity index (χ1v) is 17.4. The number of para-hydroxylation sites is 1. The molecule has 0 unspecified atom stereocenters. The largest absolute Gasteiger partial charge is 0.343 e. The van der Waals surface area contributed by atoms with E-state index in [2.05, 4.69) is 17.3 Å². The van der Waals surface area contributed by atoms with Crippen LogP contribution in [0, 0.1) is 17.8 Å². The van der Waals surface area contributed by atoms with Crippen LogP contribution in [-0.2, 0) is 22.6 Å². The zero-order valence-electron chi connectivity index (χ0n) is 26.2. The van der Waals surface area contributed by atoms with Gasteiger partial charge in [0.1, 0.15) is 0 Å². The molecule has 0 spiro atoms. The zero-order valence-corrected chi connectivity index (χ0v) is 27.7. The van der Waals surface area contributed by atoms with E-state index in [-0.39, 0.29) is 30.3 Å². The summed E-state index contributed by atoms with van der Waals surface area (Å²) < 4.78 is 0. The number of anilines is 1. The van der Waals surface area contributed by atoms with Crippen LogP contribution in [0.25, 0.3) is 0 Å². The highest BCUT2D eigenvalue weighted by Crippen LogP contribution is 2.34. The van der Waals surface area contributed by atoms with Gasteiger partial charge in [0.05, 0.1) is 16.0 Å². The van der Waals surface area contributed by atoms with Gasteiger partial charge in [0.15, 0.2) is 0 Å². The average Bonchev–Trinajstić information content (AvgIpc) is 3.06. The summed E-state index contributed by atoms with van der Waals surface area (Å²) in [6.45, 7) is 5.56. The summed E-state index contributed by atoms with van der Waals surface area (Å²) in [7, 11) is 2.20. The second kappa shape index (κ2) is 14.3. The second-order valence-corrected chi connectivity index (χ2v) is 14.3. The molecule has 10 heteroatoms. The van der Waals surface area contributed by atoms with E-state index in [1.165, 1.54) is 12.8 Å². The van der Waals surface area contributed by atoms with Crippen LogP contribution < -0.4 is 5.32 Å². The van der Waals surface area contributed by atoms with Crippen LogP contribution >= 0.6 is 23.2 Å². The third kappa shape index (κ3) is 7.61. The van der Waals surface area contributed by atoms with Gasteiger partial charge < -0.3 is 24.9 Å². The third-order valence-electron chi connectivity index (χ3n) is 10.6. The Kier molecular flexibility index (Phi) is 10.2. The number of rotatable bonds is 7. The number of carbonyl (C=O) groups is 3. The number of fused-ring (bicyclic) bond motifs is 1. The normalized spacial score (nSPS) is 21.4. The van der Waals surface area contributed by atoms with E-state index in [9.17, 15) is 14.4 Å². The molecule has 4 amide bonds. The SMILES string of the molecule is CN1CCC(C2CCN(C(=O)[C@@H](CC(=O)N3CCC(N4Cc5ccccc5NC4=O)CC3)Cc3ccc(Cl)c(Cl)c3)CC2)CC1. The lowest BCUT2D eigenvalue weighted by molar-refractivity contribution is -0.143. The maximum absolute atomic E-state index is 14.0. The number of carbonyl (C=O) groups excluding carboxylic acids is 3. The van der Waals surface area contributed by atoms with Crippen molar-refractivity contribution in [2.45, 2.75) is 64.0 Å². The van der Waals surface area contributed by atoms with Crippen LogP contribution in [0.1, 0.15) is 56.1 Å². The zero-order chi connectivity index (χ0) is 31.5. The Morgan fingerprint density at radius 3 is 2.18 bits per heavy atom. The van der Waals surface area contributed by atoms with Crippen molar-refractivity contribution in [1.82, 2.24) is 19.6 Å². The van der Waals surface area contributed by atoms with E-state index in [1.807, 2.05) is 51.1 Å². The molecule has 0 aliphatic carbocycles. The van der Waals surface area contributed by atoms with E-state index in [1.54, 1.807) is 6.07 Å². The molecule has 3 saturated heterocycles. The predicted molar refractivity (Wildman–Crippen MR) is 178 cm³/mol. The molecule has 3 fully saturated rings. The maximum atomic E-state index is 14.0. The van der Waals surface area contributed by atoms with E-state index in [4.69, 9.17) is 23.2 Å². The summed E-state index contributed by atoms with van der Waals surface area (Å²) in [5.74, 6) is 1.03. The van der Waals surface area contributed by atoms with Gasteiger partial charge in [0, 0.05) is 50.9 Å². The highest BCUT2D eigenvalue weighted by molar-refractivity contribution is 6.42. The third-order valence-corrected chi connectivity index (χ3v) is 11.4. The number of nitrogens with one attached hydrogen (secondary N) is 1. The molecule has 2 aromatic carbocycles. The molecule has 2 aromatic rings. The molecule has 1 atom stereocenters. The molecule has 0 bridgehead atoms. The van der Waals surface area contributed by atoms with Crippen LogP contribution in [0.2, 0.25) is 10.0 Å². The number of hydrogen-bond acceptors (Lipinski definition) is 4. The fourth-order valence-electron chi connectivity index (χ4n) is 7.83. The molecule has 4 heterocycles. The summed E-state index contributed by atoms with van der Waals surface area (Å²) in [5.41, 5.74) is 2.89. The Morgan fingerprint density at radius 1 is 0.844 bits per heavy atom. The molecular weight excluding hydrogens is 609 g/mol. The predicted octanol–water partition coefficient (Wildman–Crippen LogP) is 6.16. The number of urea groups is 1. The Labute approximate surface area is 277 Å². The van der Waals surface area contributed by atoms with Crippen molar-refractivity contribution in [3.05, 3.63) is 63.6 Å². The van der Waals surface area contributed by atoms with Gasteiger partial charge in [-0.05, 0) is 106 Å². The Hall–Kier alpha value is -2.81. The lowest BCUT2D eigenvalue weighted by Crippen LogP contribution is -2.51. The number of amides is 4. The van der Waals surface area contributed by atoms with Gasteiger partial charge in [-0.1, -0.05) is 47.5 Å². The molecule has 0 aromatic heterocycles. The Balaban J connectivity index is 1.07. The van der Waals surface area contributed by atoms with Gasteiger partial charge in [-0.25, -0.2) is 4.79 Å². The van der Waals surface area contributed by atoms with Crippen molar-refractivity contribution in [2.75, 3.05) is 51.6 Å². The molecule has 1 N–H and O–H groups in total. The lowest BCUT2D eigenvalue weighted by Gasteiger charge is -2.41. The van der Waals surface area contributed by atoms with Gasteiger partial charge in [-0.3, -0.25) is 9.59 Å². The van der Waals surface area contributed by atoms with Crippen molar-refractivity contribution >= 4 is 46.7 Å². The summed E-state index contributed by atoms with van der Waals surface area (Å²) in [6, 6.07) is 13.4. The van der Waals surface area contributed by atoms with Gasteiger partial charge >= 0.3 is 6.03 Å². The number of piperidine rings is 3. The minimum absolute atomic E-state index is 0.00140. The van der Waals surface area contributed by atoms with Gasteiger partial charge in [0.25, 0.3) is 0 Å². The molecule has 4 aliphatic rings. The molecule has 45 heavy (non-hydrogen) atoms. The first-order chi connectivity index (χ1) is 21.7. The fourth-order valence-corrected chi connectivity index (χ4v) is 8.15. The van der Waals surface area contributed by atoms with E-state index >= 15 is 0 Å². The Bertz CT molecular complexity index is 1380. The standard InChI is InChI=1S/C35H45Cl2N5O3/c1-39-14-8-25(9-15-39)26-10-16-41(17-11-26)34(44)28(20-24-6-7-30(36)31(37)21-24)22-33(43)40-18-12-29(13-19-40)42-23-27-4-2-3-5-32(27)38-35(42)45/h2-7,21,25-26,28-29H,8-20,22-23H2,1H3,(H,38,45)/t28-/m1/s1. The first-order valence-electron chi connectivity index (χ1n) is 16.6. The quantitative estimate of drug-likeness (QED) is 0.388. The van der Waals surface area contributed by atoms with Crippen molar-refractivity contribution < 1.29 is 14.4 Å². The number of nitrogens with zero attached hydrogens (tertiary/aromatic N) is 4. The number of hydrogen-bond donors (Lipinski definition) is 1. The molecule has 4 aliphatic heterocycles. The minimum Gasteiger partial charge on any atom is -0.343 e. The molecular formula is C35H45Cl2N5O3. The van der Waals surface area contributed by atoms with Gasteiger partial charge in [-0.15, -0.1) is 0 Å². The number of benzene rings is 2. The van der Waals surface area contributed by atoms with Crippen LogP contribution in [0.4, 0.5) is 10.5 Å². The average molecular weight is 655 g/mol. The lowest BCUT2D eigenvalue weighted by atomic mass is 9.78. The van der Waals surface area contributed by atoms with Crippen molar-refractivity contribution in [2.24, 2.45) is 17.8 Å². The Morgan fingerprint density at radius 2 is 1.49 bits per heavy atom. The topological polar surface area (TPSA) is 76.2 Å². The van der Waals surface area contributed by atoms with Crippen molar-refractivity contribution in [3.8, 4) is 0 Å². The smallest absolute Gasteiger partial charge is 0.322 e.